The van der Waals surface area contributed by atoms with Crippen molar-refractivity contribution in [2.45, 2.75) is 38.2 Å². The maximum atomic E-state index is 11.8. The number of benzene rings is 1. The number of nitrogens with one attached hydrogen (secondary N) is 1. The standard InChI is InChI=1S/C18H24N2O3/c1-20(2)17-10-13(23-12-7-5-4-6-8-12)9-15-14(17)11-16(19-15)18(21)22-3/h9-12,19H,4-8H2,1-3H3. The van der Waals surface area contributed by atoms with Crippen LogP contribution in [-0.2, 0) is 4.74 Å². The van der Waals surface area contributed by atoms with Gasteiger partial charge in [0.25, 0.3) is 0 Å². The molecule has 124 valence electrons. The molecule has 0 atom stereocenters. The SMILES string of the molecule is COC(=O)c1cc2c(N(C)C)cc(OC3CCCCC3)cc2[nH]1. The zero-order valence-corrected chi connectivity index (χ0v) is 14.0. The molecule has 0 bridgehead atoms. The van der Waals surface area contributed by atoms with Crippen LogP contribution in [-0.4, -0.2) is 38.3 Å². The van der Waals surface area contributed by atoms with Gasteiger partial charge in [0.15, 0.2) is 0 Å². The van der Waals surface area contributed by atoms with E-state index in [9.17, 15) is 4.79 Å². The van der Waals surface area contributed by atoms with Crippen LogP contribution in [0.2, 0.25) is 0 Å². The van der Waals surface area contributed by atoms with Crippen molar-refractivity contribution in [1.29, 1.82) is 0 Å². The Balaban J connectivity index is 1.97. The summed E-state index contributed by atoms with van der Waals surface area (Å²) in [4.78, 5) is 16.9. The van der Waals surface area contributed by atoms with Gasteiger partial charge in [0.2, 0.25) is 0 Å². The number of hydrogen-bond acceptors (Lipinski definition) is 4. The summed E-state index contributed by atoms with van der Waals surface area (Å²) in [5.41, 5.74) is 2.38. The van der Waals surface area contributed by atoms with Crippen LogP contribution in [0, 0.1) is 0 Å². The first kappa shape index (κ1) is 15.7. The van der Waals surface area contributed by atoms with E-state index < -0.39 is 0 Å². The summed E-state index contributed by atoms with van der Waals surface area (Å²) in [5.74, 6) is 0.493. The Kier molecular flexibility index (Phi) is 4.46. The number of carbonyl (C=O) groups excluding carboxylic acids is 1. The molecular formula is C18H24N2O3. The fraction of sp³-hybridized carbons (Fsp3) is 0.500. The van der Waals surface area contributed by atoms with Gasteiger partial charge in [-0.1, -0.05) is 6.42 Å². The van der Waals surface area contributed by atoms with Gasteiger partial charge in [0, 0.05) is 37.3 Å². The Hall–Kier alpha value is -2.17. The molecule has 23 heavy (non-hydrogen) atoms. The number of nitrogens with zero attached hydrogens (tertiary/aromatic N) is 1. The summed E-state index contributed by atoms with van der Waals surface area (Å²) in [6, 6.07) is 5.86. The first-order valence-corrected chi connectivity index (χ1v) is 8.17. The summed E-state index contributed by atoms with van der Waals surface area (Å²) < 4.78 is 11.0. The van der Waals surface area contributed by atoms with Gasteiger partial charge in [-0.15, -0.1) is 0 Å². The van der Waals surface area contributed by atoms with Crippen LogP contribution in [0.1, 0.15) is 42.6 Å². The minimum atomic E-state index is -0.361. The van der Waals surface area contributed by atoms with Crippen LogP contribution in [0.5, 0.6) is 5.75 Å². The van der Waals surface area contributed by atoms with Crippen LogP contribution in [0.3, 0.4) is 0 Å². The Labute approximate surface area is 136 Å². The van der Waals surface area contributed by atoms with E-state index in [0.29, 0.717) is 11.8 Å². The van der Waals surface area contributed by atoms with Crippen molar-refractivity contribution in [3.8, 4) is 5.75 Å². The van der Waals surface area contributed by atoms with Crippen molar-refractivity contribution in [3.63, 3.8) is 0 Å². The summed E-state index contributed by atoms with van der Waals surface area (Å²) in [6.45, 7) is 0. The molecule has 0 amide bonds. The van der Waals surface area contributed by atoms with E-state index in [2.05, 4.69) is 4.98 Å². The van der Waals surface area contributed by atoms with Gasteiger partial charge in [0.1, 0.15) is 11.4 Å². The van der Waals surface area contributed by atoms with Crippen molar-refractivity contribution < 1.29 is 14.3 Å². The molecule has 5 nitrogen and oxygen atoms in total. The first-order valence-electron chi connectivity index (χ1n) is 8.17. The molecule has 1 aliphatic rings. The lowest BCUT2D eigenvalue weighted by Gasteiger charge is -2.24. The molecule has 2 aromatic rings. The van der Waals surface area contributed by atoms with Gasteiger partial charge >= 0.3 is 5.97 Å². The average Bonchev–Trinajstić information content (AvgIpc) is 2.98. The number of hydrogen-bond donors (Lipinski definition) is 1. The minimum Gasteiger partial charge on any atom is -0.490 e. The van der Waals surface area contributed by atoms with Gasteiger partial charge in [-0.3, -0.25) is 0 Å². The van der Waals surface area contributed by atoms with Gasteiger partial charge in [-0.2, -0.15) is 0 Å². The molecular weight excluding hydrogens is 292 g/mol. The summed E-state index contributed by atoms with van der Waals surface area (Å²) in [7, 11) is 5.37. The van der Waals surface area contributed by atoms with Crippen LogP contribution in [0.25, 0.3) is 10.9 Å². The van der Waals surface area contributed by atoms with Crippen LogP contribution in [0.15, 0.2) is 18.2 Å². The highest BCUT2D eigenvalue weighted by atomic mass is 16.5. The van der Waals surface area contributed by atoms with Crippen LogP contribution < -0.4 is 9.64 Å². The second kappa shape index (κ2) is 6.52. The smallest absolute Gasteiger partial charge is 0.354 e. The zero-order valence-electron chi connectivity index (χ0n) is 14.0. The molecule has 1 heterocycles. The monoisotopic (exact) mass is 316 g/mol. The largest absolute Gasteiger partial charge is 0.490 e. The quantitative estimate of drug-likeness (QED) is 0.873. The molecule has 0 aliphatic heterocycles. The van der Waals surface area contributed by atoms with Crippen molar-refractivity contribution in [2.24, 2.45) is 0 Å². The molecule has 0 saturated heterocycles. The summed E-state index contributed by atoms with van der Waals surface area (Å²) >= 11 is 0. The highest BCUT2D eigenvalue weighted by Crippen LogP contribution is 2.33. The number of H-pyrrole nitrogens is 1. The summed E-state index contributed by atoms with van der Waals surface area (Å²) in [5, 5.41) is 0.992. The van der Waals surface area contributed by atoms with Crippen molar-refractivity contribution in [3.05, 3.63) is 23.9 Å². The molecule has 1 N–H and O–H groups in total. The minimum absolute atomic E-state index is 0.297. The second-order valence-corrected chi connectivity index (χ2v) is 6.35. The third-order valence-corrected chi connectivity index (χ3v) is 4.43. The van der Waals surface area contributed by atoms with Crippen molar-refractivity contribution >= 4 is 22.6 Å². The first-order chi connectivity index (χ1) is 11.1. The number of carbonyl (C=O) groups is 1. The fourth-order valence-corrected chi connectivity index (χ4v) is 3.23. The van der Waals surface area contributed by atoms with Crippen LogP contribution >= 0.6 is 0 Å². The topological polar surface area (TPSA) is 54.6 Å². The number of ether oxygens (including phenoxy) is 2. The van der Waals surface area contributed by atoms with E-state index in [1.807, 2.05) is 37.2 Å². The van der Waals surface area contributed by atoms with E-state index in [1.165, 1.54) is 26.4 Å². The summed E-state index contributed by atoms with van der Waals surface area (Å²) in [6.07, 6.45) is 6.32. The molecule has 1 aliphatic carbocycles. The highest BCUT2D eigenvalue weighted by molar-refractivity contribution is 6.00. The number of fused-ring (bicyclic) bond motifs is 1. The van der Waals surface area contributed by atoms with Crippen molar-refractivity contribution in [1.82, 2.24) is 4.98 Å². The number of aromatic nitrogens is 1. The van der Waals surface area contributed by atoms with Gasteiger partial charge in [-0.25, -0.2) is 4.79 Å². The lowest BCUT2D eigenvalue weighted by atomic mass is 9.98. The molecule has 5 heteroatoms. The van der Waals surface area contributed by atoms with Crippen LogP contribution in [0.4, 0.5) is 5.69 Å². The number of esters is 1. The average molecular weight is 316 g/mol. The van der Waals surface area contributed by atoms with Gasteiger partial charge in [-0.05, 0) is 31.7 Å². The predicted molar refractivity (Wildman–Crippen MR) is 91.5 cm³/mol. The lowest BCUT2D eigenvalue weighted by Crippen LogP contribution is -2.19. The normalized spacial score (nSPS) is 15.6. The van der Waals surface area contributed by atoms with E-state index >= 15 is 0 Å². The predicted octanol–water partition coefficient (Wildman–Crippen LogP) is 3.73. The number of anilines is 1. The molecule has 1 fully saturated rings. The number of methoxy groups -OCH3 is 1. The lowest BCUT2D eigenvalue weighted by molar-refractivity contribution is 0.0595. The molecule has 3 rings (SSSR count). The molecule has 1 aromatic carbocycles. The molecule has 1 aromatic heterocycles. The maximum absolute atomic E-state index is 11.8. The third-order valence-electron chi connectivity index (χ3n) is 4.43. The molecule has 0 radical (unpaired) electrons. The van der Waals surface area contributed by atoms with Gasteiger partial charge in [0.05, 0.1) is 18.7 Å². The van der Waals surface area contributed by atoms with Gasteiger partial charge < -0.3 is 19.4 Å². The van der Waals surface area contributed by atoms with E-state index in [4.69, 9.17) is 9.47 Å². The maximum Gasteiger partial charge on any atom is 0.354 e. The van der Waals surface area contributed by atoms with E-state index in [1.54, 1.807) is 0 Å². The third kappa shape index (κ3) is 3.28. The molecule has 0 unspecified atom stereocenters. The van der Waals surface area contributed by atoms with Crippen molar-refractivity contribution in [2.75, 3.05) is 26.1 Å². The Bertz CT molecular complexity index is 700. The highest BCUT2D eigenvalue weighted by Gasteiger charge is 2.18. The number of aromatic amines is 1. The Morgan fingerprint density at radius 3 is 2.57 bits per heavy atom. The molecule has 0 spiro atoms. The Morgan fingerprint density at radius 2 is 1.91 bits per heavy atom. The second-order valence-electron chi connectivity index (χ2n) is 6.35. The van der Waals surface area contributed by atoms with E-state index in [-0.39, 0.29) is 5.97 Å². The fourth-order valence-electron chi connectivity index (χ4n) is 3.23. The number of rotatable bonds is 4. The van der Waals surface area contributed by atoms with E-state index in [0.717, 1.165) is 35.2 Å². The zero-order chi connectivity index (χ0) is 16.4. The Morgan fingerprint density at radius 1 is 1.17 bits per heavy atom. The molecule has 1 saturated carbocycles.